The second-order valence-corrected chi connectivity index (χ2v) is 10.6. The number of pyridine rings is 2. The molecule has 4 rings (SSSR count). The normalized spacial score (nSPS) is 12.2. The molecule has 0 fully saturated rings. The van der Waals surface area contributed by atoms with E-state index in [9.17, 15) is 23.7 Å². The molecule has 1 aromatic carbocycles. The van der Waals surface area contributed by atoms with Crippen molar-refractivity contribution >= 4 is 22.3 Å². The number of hydrogen-bond acceptors (Lipinski definition) is 8. The lowest BCUT2D eigenvalue weighted by Crippen LogP contribution is -2.20. The Balaban J connectivity index is 1.87. The first-order chi connectivity index (χ1) is 19.1. The number of alkyl halides is 2. The van der Waals surface area contributed by atoms with Crippen LogP contribution in [-0.2, 0) is 0 Å². The molecule has 2 N–H and O–H groups in total. The topological polar surface area (TPSA) is 128 Å². The summed E-state index contributed by atoms with van der Waals surface area (Å²) in [6.45, 7) is 6.40. The summed E-state index contributed by atoms with van der Waals surface area (Å²) in [4.78, 5) is 8.28. The van der Waals surface area contributed by atoms with Gasteiger partial charge in [-0.3, -0.25) is 4.98 Å². The van der Waals surface area contributed by atoms with Gasteiger partial charge in [0.1, 0.15) is 37.2 Å². The van der Waals surface area contributed by atoms with E-state index in [0.29, 0.717) is 51.3 Å². The Morgan fingerprint density at radius 3 is 2.42 bits per heavy atom. The summed E-state index contributed by atoms with van der Waals surface area (Å²) in [5.74, 6) is -0.666. The van der Waals surface area contributed by atoms with E-state index in [1.54, 1.807) is 19.1 Å². The highest BCUT2D eigenvalue weighted by molar-refractivity contribution is 5.99. The van der Waals surface area contributed by atoms with Crippen molar-refractivity contribution in [2.24, 2.45) is 5.41 Å². The minimum Gasteiger partial charge on any atom is -0.383 e. The van der Waals surface area contributed by atoms with Gasteiger partial charge >= 0.3 is 0 Å². The summed E-state index contributed by atoms with van der Waals surface area (Å²) < 4.78 is 41.6. The van der Waals surface area contributed by atoms with E-state index >= 15 is 0 Å². The molecular formula is C28H28F3N9. The molecule has 0 amide bonds. The molecule has 206 valence electrons. The largest absolute Gasteiger partial charge is 0.383 e. The van der Waals surface area contributed by atoms with Gasteiger partial charge in [-0.2, -0.15) is 14.9 Å². The van der Waals surface area contributed by atoms with Gasteiger partial charge < -0.3 is 10.6 Å². The summed E-state index contributed by atoms with van der Waals surface area (Å²) >= 11 is 0. The molecule has 0 radical (unpaired) electrons. The molecule has 9 nitrogen and oxygen atoms in total. The highest BCUT2D eigenvalue weighted by atomic mass is 19.1. The number of aromatic nitrogens is 5. The number of nitriles is 2. The third-order valence-corrected chi connectivity index (χ3v) is 6.28. The maximum atomic E-state index is 13.9. The van der Waals surface area contributed by atoms with E-state index in [0.717, 1.165) is 4.68 Å². The van der Waals surface area contributed by atoms with Crippen LogP contribution in [0.1, 0.15) is 60.9 Å². The van der Waals surface area contributed by atoms with Crippen molar-refractivity contribution in [3.05, 3.63) is 70.7 Å². The number of aryl methyl sites for hydroxylation is 1. The fourth-order valence-corrected chi connectivity index (χ4v) is 4.21. The number of benzene rings is 1. The molecule has 3 heterocycles. The predicted octanol–water partition coefficient (Wildman–Crippen LogP) is 5.55. The molecule has 1 unspecified atom stereocenters. The molecule has 1 atom stereocenters. The molecule has 40 heavy (non-hydrogen) atoms. The van der Waals surface area contributed by atoms with E-state index in [2.05, 4.69) is 63.8 Å². The Kier molecular flexibility index (Phi) is 8.19. The molecule has 0 saturated carbocycles. The standard InChI is InChI=1S/C28H28F3N9/c1-16-21(5-6-24(31)36-16)27(23-14-40(39-38-23)20(9-29)10-30)37-19-7-17(11-32)25-22(8-19)26(18(12-33)13-34-25)35-15-28(2,3)4/h5-8,13-14,20,27,37H,9-10,15H2,1-4H3,(H,34,35). The number of hydrogen-bond donors (Lipinski definition) is 2. The Hall–Kier alpha value is -4.71. The van der Waals surface area contributed by atoms with Gasteiger partial charge in [0.15, 0.2) is 0 Å². The summed E-state index contributed by atoms with van der Waals surface area (Å²) in [7, 11) is 0. The summed E-state index contributed by atoms with van der Waals surface area (Å²) in [5, 5.41) is 35.0. The van der Waals surface area contributed by atoms with Crippen molar-refractivity contribution in [3.63, 3.8) is 0 Å². The fraction of sp³-hybridized carbons (Fsp3) is 0.357. The van der Waals surface area contributed by atoms with E-state index in [4.69, 9.17) is 0 Å². The maximum Gasteiger partial charge on any atom is 0.213 e. The van der Waals surface area contributed by atoms with Gasteiger partial charge in [0, 0.05) is 35.1 Å². The van der Waals surface area contributed by atoms with Crippen LogP contribution in [0.5, 0.6) is 0 Å². The van der Waals surface area contributed by atoms with Crippen molar-refractivity contribution < 1.29 is 13.2 Å². The molecule has 12 heteroatoms. The zero-order chi connectivity index (χ0) is 29.0. The van der Waals surface area contributed by atoms with Crippen LogP contribution >= 0.6 is 0 Å². The minimum atomic E-state index is -1.13. The maximum absolute atomic E-state index is 13.9. The molecule has 0 saturated heterocycles. The molecule has 0 aliphatic rings. The van der Waals surface area contributed by atoms with Crippen LogP contribution in [0.4, 0.5) is 24.5 Å². The second-order valence-electron chi connectivity index (χ2n) is 10.6. The van der Waals surface area contributed by atoms with E-state index in [1.165, 1.54) is 24.5 Å². The lowest BCUT2D eigenvalue weighted by Gasteiger charge is -2.23. The van der Waals surface area contributed by atoms with E-state index in [1.807, 2.05) is 0 Å². The van der Waals surface area contributed by atoms with Gasteiger partial charge in [0.25, 0.3) is 0 Å². The third-order valence-electron chi connectivity index (χ3n) is 6.28. The fourth-order valence-electron chi connectivity index (χ4n) is 4.21. The number of nitrogens with zero attached hydrogens (tertiary/aromatic N) is 7. The average Bonchev–Trinajstić information content (AvgIpc) is 3.40. The van der Waals surface area contributed by atoms with Crippen molar-refractivity contribution in [2.45, 2.75) is 39.8 Å². The van der Waals surface area contributed by atoms with Crippen LogP contribution in [0.25, 0.3) is 10.9 Å². The highest BCUT2D eigenvalue weighted by Crippen LogP contribution is 2.34. The lowest BCUT2D eigenvalue weighted by atomic mass is 9.96. The molecule has 0 bridgehead atoms. The minimum absolute atomic E-state index is 0.0999. The Labute approximate surface area is 229 Å². The van der Waals surface area contributed by atoms with Crippen LogP contribution in [-0.4, -0.2) is 44.9 Å². The first-order valence-electron chi connectivity index (χ1n) is 12.5. The third kappa shape index (κ3) is 5.96. The Bertz CT molecular complexity index is 1610. The first kappa shape index (κ1) is 28.3. The monoisotopic (exact) mass is 547 g/mol. The SMILES string of the molecule is Cc1nc(F)ccc1C(Nc1cc(C#N)c2ncc(C#N)c(NCC(C)(C)C)c2c1)c1cn(C(CF)CF)nn1. The number of nitrogens with one attached hydrogen (secondary N) is 2. The zero-order valence-electron chi connectivity index (χ0n) is 22.5. The summed E-state index contributed by atoms with van der Waals surface area (Å²) in [6, 6.07) is 8.50. The van der Waals surface area contributed by atoms with Crippen molar-refractivity contribution in [2.75, 3.05) is 30.5 Å². The average molecular weight is 548 g/mol. The van der Waals surface area contributed by atoms with E-state index < -0.39 is 31.4 Å². The van der Waals surface area contributed by atoms with Gasteiger partial charge in [-0.25, -0.2) is 18.4 Å². The number of anilines is 2. The number of halogens is 3. The summed E-state index contributed by atoms with van der Waals surface area (Å²) in [6.07, 6.45) is 2.85. The lowest BCUT2D eigenvalue weighted by molar-refractivity contribution is 0.269. The molecule has 0 aliphatic carbocycles. The van der Waals surface area contributed by atoms with Gasteiger partial charge in [0.2, 0.25) is 5.95 Å². The van der Waals surface area contributed by atoms with Crippen LogP contribution < -0.4 is 10.6 Å². The van der Waals surface area contributed by atoms with Crippen LogP contribution in [0, 0.1) is 40.9 Å². The first-order valence-corrected chi connectivity index (χ1v) is 12.5. The second kappa shape index (κ2) is 11.6. The van der Waals surface area contributed by atoms with Gasteiger partial charge in [0.05, 0.1) is 34.6 Å². The van der Waals surface area contributed by atoms with E-state index in [-0.39, 0.29) is 11.0 Å². The van der Waals surface area contributed by atoms with Gasteiger partial charge in [-0.1, -0.05) is 32.1 Å². The van der Waals surface area contributed by atoms with Gasteiger partial charge in [-0.15, -0.1) is 5.10 Å². The predicted molar refractivity (Wildman–Crippen MR) is 145 cm³/mol. The smallest absolute Gasteiger partial charge is 0.213 e. The summed E-state index contributed by atoms with van der Waals surface area (Å²) in [5.41, 5.74) is 3.11. The molecule has 0 spiro atoms. The highest BCUT2D eigenvalue weighted by Gasteiger charge is 2.24. The Morgan fingerprint density at radius 1 is 1.07 bits per heavy atom. The van der Waals surface area contributed by atoms with Crippen molar-refractivity contribution in [3.8, 4) is 12.1 Å². The molecule has 3 aromatic heterocycles. The van der Waals surface area contributed by atoms with Crippen LogP contribution in [0.2, 0.25) is 0 Å². The van der Waals surface area contributed by atoms with Crippen molar-refractivity contribution in [1.82, 2.24) is 25.0 Å². The quantitative estimate of drug-likeness (QED) is 0.261. The number of fused-ring (bicyclic) bond motifs is 1. The zero-order valence-corrected chi connectivity index (χ0v) is 22.5. The van der Waals surface area contributed by atoms with Gasteiger partial charge in [-0.05, 0) is 30.5 Å². The van der Waals surface area contributed by atoms with Crippen molar-refractivity contribution in [1.29, 1.82) is 10.5 Å². The molecule has 0 aliphatic heterocycles. The molecule has 4 aromatic rings. The van der Waals surface area contributed by atoms with Crippen LogP contribution in [0.15, 0.2) is 36.7 Å². The van der Waals surface area contributed by atoms with Crippen LogP contribution in [0.3, 0.4) is 0 Å². The number of rotatable bonds is 9. The molecular weight excluding hydrogens is 519 g/mol. The Morgan fingerprint density at radius 2 is 1.80 bits per heavy atom.